The monoisotopic (exact) mass is 475 g/mol. The Morgan fingerprint density at radius 2 is 1.85 bits per heavy atom. The topological polar surface area (TPSA) is 97.4 Å². The summed E-state index contributed by atoms with van der Waals surface area (Å²) in [7, 11) is 3.36. The van der Waals surface area contributed by atoms with Crippen LogP contribution in [0.15, 0.2) is 18.2 Å². The van der Waals surface area contributed by atoms with E-state index in [0.29, 0.717) is 56.1 Å². The van der Waals surface area contributed by atoms with Gasteiger partial charge in [0.15, 0.2) is 0 Å². The van der Waals surface area contributed by atoms with Gasteiger partial charge in [0.05, 0.1) is 17.7 Å². The molecule has 2 aliphatic rings. The standard InChI is InChI=1S/C25H37N3O6/c1-16-13-28(24(30)19-8-10-33-11-9-19)17(2)15-34-22-12-20(26-18(3)29)6-7-21(22)25(31)27(4)14-23(16)32-5/h6-7,12,16-17,19,23H,8-11,13-15H2,1-5H3,(H,26,29)/t16-,17+,23-/m0/s1. The number of anilines is 1. The Morgan fingerprint density at radius 3 is 2.50 bits per heavy atom. The average molecular weight is 476 g/mol. The number of nitrogens with one attached hydrogen (secondary N) is 1. The third kappa shape index (κ3) is 6.27. The summed E-state index contributed by atoms with van der Waals surface area (Å²) >= 11 is 0. The van der Waals surface area contributed by atoms with Gasteiger partial charge < -0.3 is 29.3 Å². The third-order valence-electron chi connectivity index (χ3n) is 6.62. The largest absolute Gasteiger partial charge is 0.491 e. The number of fused-ring (bicyclic) bond motifs is 1. The van der Waals surface area contributed by atoms with E-state index in [9.17, 15) is 14.4 Å². The van der Waals surface area contributed by atoms with Crippen molar-refractivity contribution in [1.82, 2.24) is 9.80 Å². The zero-order valence-electron chi connectivity index (χ0n) is 20.8. The van der Waals surface area contributed by atoms with Crippen LogP contribution < -0.4 is 10.1 Å². The van der Waals surface area contributed by atoms with Crippen LogP contribution in [0.5, 0.6) is 5.75 Å². The normalized spacial score (nSPS) is 25.0. The van der Waals surface area contributed by atoms with Crippen molar-refractivity contribution in [2.45, 2.75) is 45.8 Å². The summed E-state index contributed by atoms with van der Waals surface area (Å²) in [6.07, 6.45) is 1.18. The third-order valence-corrected chi connectivity index (χ3v) is 6.62. The lowest BCUT2D eigenvalue weighted by molar-refractivity contribution is -0.143. The summed E-state index contributed by atoms with van der Waals surface area (Å²) in [6, 6.07) is 4.77. The van der Waals surface area contributed by atoms with E-state index in [-0.39, 0.29) is 48.3 Å². The van der Waals surface area contributed by atoms with Crippen LogP contribution >= 0.6 is 0 Å². The van der Waals surface area contributed by atoms with E-state index < -0.39 is 0 Å². The fourth-order valence-electron chi connectivity index (χ4n) is 4.54. The van der Waals surface area contributed by atoms with Crippen molar-refractivity contribution in [3.63, 3.8) is 0 Å². The van der Waals surface area contributed by atoms with E-state index in [1.807, 2.05) is 18.7 Å². The highest BCUT2D eigenvalue weighted by Crippen LogP contribution is 2.28. The molecule has 2 aliphatic heterocycles. The number of nitrogens with zero attached hydrogens (tertiary/aromatic N) is 2. The molecule has 0 bridgehead atoms. The molecule has 3 atom stereocenters. The summed E-state index contributed by atoms with van der Waals surface area (Å²) in [5, 5.41) is 2.73. The van der Waals surface area contributed by atoms with Crippen LogP contribution in [-0.4, -0.2) is 86.7 Å². The van der Waals surface area contributed by atoms with Crippen LogP contribution in [0.2, 0.25) is 0 Å². The minimum atomic E-state index is -0.242. The first kappa shape index (κ1) is 26.0. The fourth-order valence-corrected chi connectivity index (χ4v) is 4.54. The predicted octanol–water partition coefficient (Wildman–Crippen LogP) is 2.40. The second-order valence-corrected chi connectivity index (χ2v) is 9.37. The molecule has 1 N–H and O–H groups in total. The fraction of sp³-hybridized carbons (Fsp3) is 0.640. The number of hydrogen-bond donors (Lipinski definition) is 1. The molecule has 3 rings (SSSR count). The summed E-state index contributed by atoms with van der Waals surface area (Å²) < 4.78 is 17.3. The second-order valence-electron chi connectivity index (χ2n) is 9.37. The van der Waals surface area contributed by atoms with E-state index in [4.69, 9.17) is 14.2 Å². The Labute approximate surface area is 201 Å². The highest BCUT2D eigenvalue weighted by molar-refractivity contribution is 5.98. The number of likely N-dealkylation sites (N-methyl/N-ethyl adjacent to an activating group) is 1. The van der Waals surface area contributed by atoms with Crippen molar-refractivity contribution in [2.24, 2.45) is 11.8 Å². The zero-order chi connectivity index (χ0) is 24.8. The summed E-state index contributed by atoms with van der Waals surface area (Å²) in [4.78, 5) is 41.8. The van der Waals surface area contributed by atoms with Crippen molar-refractivity contribution in [2.75, 3.05) is 52.4 Å². The Kier molecular flexibility index (Phi) is 8.90. The van der Waals surface area contributed by atoms with Gasteiger partial charge >= 0.3 is 0 Å². The first-order valence-electron chi connectivity index (χ1n) is 11.9. The van der Waals surface area contributed by atoms with Gasteiger partial charge in [-0.25, -0.2) is 0 Å². The number of benzene rings is 1. The molecule has 9 nitrogen and oxygen atoms in total. The quantitative estimate of drug-likeness (QED) is 0.721. The Bertz CT molecular complexity index is 885. The van der Waals surface area contributed by atoms with Crippen molar-refractivity contribution in [1.29, 1.82) is 0 Å². The van der Waals surface area contributed by atoms with Gasteiger partial charge in [-0.1, -0.05) is 6.92 Å². The second kappa shape index (κ2) is 11.7. The number of methoxy groups -OCH3 is 1. The maximum atomic E-state index is 13.5. The maximum absolute atomic E-state index is 13.5. The highest BCUT2D eigenvalue weighted by Gasteiger charge is 2.33. The molecular formula is C25H37N3O6. The Hall–Kier alpha value is -2.65. The first-order chi connectivity index (χ1) is 16.2. The lowest BCUT2D eigenvalue weighted by atomic mass is 9.95. The summed E-state index contributed by atoms with van der Waals surface area (Å²) in [5.74, 6) is 0.00983. The lowest BCUT2D eigenvalue weighted by Gasteiger charge is -2.38. The molecule has 0 unspecified atom stereocenters. The number of amides is 3. The molecule has 188 valence electrons. The maximum Gasteiger partial charge on any atom is 0.257 e. The van der Waals surface area contributed by atoms with E-state index in [1.165, 1.54) is 6.92 Å². The number of ether oxygens (including phenoxy) is 3. The number of carbonyl (C=O) groups excluding carboxylic acids is 3. The number of carbonyl (C=O) groups is 3. The summed E-state index contributed by atoms with van der Waals surface area (Å²) in [6.45, 7) is 7.71. The molecule has 1 aromatic carbocycles. The molecule has 2 heterocycles. The van der Waals surface area contributed by atoms with Crippen molar-refractivity contribution < 1.29 is 28.6 Å². The number of hydrogen-bond acceptors (Lipinski definition) is 6. The predicted molar refractivity (Wildman–Crippen MR) is 128 cm³/mol. The lowest BCUT2D eigenvalue weighted by Crippen LogP contribution is -2.50. The van der Waals surface area contributed by atoms with Crippen LogP contribution in [0.4, 0.5) is 5.69 Å². The summed E-state index contributed by atoms with van der Waals surface area (Å²) in [5.41, 5.74) is 0.939. The molecule has 1 saturated heterocycles. The zero-order valence-corrected chi connectivity index (χ0v) is 20.8. The van der Waals surface area contributed by atoms with Gasteiger partial charge in [-0.2, -0.15) is 0 Å². The van der Waals surface area contributed by atoms with Crippen molar-refractivity contribution >= 4 is 23.4 Å². The van der Waals surface area contributed by atoms with E-state index in [2.05, 4.69) is 5.32 Å². The van der Waals surface area contributed by atoms with Gasteiger partial charge in [-0.3, -0.25) is 14.4 Å². The van der Waals surface area contributed by atoms with Crippen LogP contribution in [0.25, 0.3) is 0 Å². The van der Waals surface area contributed by atoms with Crippen LogP contribution in [-0.2, 0) is 19.1 Å². The SMILES string of the molecule is CO[C@H]1CN(C)C(=O)c2ccc(NC(C)=O)cc2OC[C@@H](C)N(C(=O)C2CCOCC2)C[C@@H]1C. The molecular weight excluding hydrogens is 438 g/mol. The number of rotatable bonds is 3. The van der Waals surface area contributed by atoms with Gasteiger partial charge in [-0.15, -0.1) is 0 Å². The van der Waals surface area contributed by atoms with Gasteiger partial charge in [0.1, 0.15) is 12.4 Å². The minimum absolute atomic E-state index is 0.00697. The Balaban J connectivity index is 1.94. The molecule has 0 radical (unpaired) electrons. The van der Waals surface area contributed by atoms with Crippen molar-refractivity contribution in [3.05, 3.63) is 23.8 Å². The van der Waals surface area contributed by atoms with E-state index in [1.54, 1.807) is 37.3 Å². The molecule has 1 aromatic rings. The van der Waals surface area contributed by atoms with Crippen LogP contribution in [0, 0.1) is 11.8 Å². The smallest absolute Gasteiger partial charge is 0.257 e. The van der Waals surface area contributed by atoms with E-state index >= 15 is 0 Å². The first-order valence-corrected chi connectivity index (χ1v) is 11.9. The molecule has 1 fully saturated rings. The highest BCUT2D eigenvalue weighted by atomic mass is 16.5. The van der Waals surface area contributed by atoms with Gasteiger partial charge in [0.2, 0.25) is 11.8 Å². The van der Waals surface area contributed by atoms with E-state index in [0.717, 1.165) is 0 Å². The average Bonchev–Trinajstić information content (AvgIpc) is 2.82. The van der Waals surface area contributed by atoms with Gasteiger partial charge in [0, 0.05) is 71.0 Å². The molecule has 34 heavy (non-hydrogen) atoms. The van der Waals surface area contributed by atoms with Crippen LogP contribution in [0.1, 0.15) is 44.0 Å². The Morgan fingerprint density at radius 1 is 1.15 bits per heavy atom. The van der Waals surface area contributed by atoms with Gasteiger partial charge in [-0.05, 0) is 31.9 Å². The molecule has 0 saturated carbocycles. The van der Waals surface area contributed by atoms with Crippen molar-refractivity contribution in [3.8, 4) is 5.75 Å². The van der Waals surface area contributed by atoms with Crippen LogP contribution in [0.3, 0.4) is 0 Å². The van der Waals surface area contributed by atoms with Gasteiger partial charge in [0.25, 0.3) is 5.91 Å². The molecule has 9 heteroatoms. The molecule has 3 amide bonds. The molecule has 0 aromatic heterocycles. The molecule has 0 aliphatic carbocycles. The minimum Gasteiger partial charge on any atom is -0.491 e. The molecule has 0 spiro atoms.